The van der Waals surface area contributed by atoms with E-state index in [9.17, 15) is 4.79 Å². The highest BCUT2D eigenvalue weighted by Crippen LogP contribution is 2.20. The van der Waals surface area contributed by atoms with E-state index in [0.29, 0.717) is 5.69 Å². The van der Waals surface area contributed by atoms with E-state index in [-0.39, 0.29) is 0 Å². The number of hydrogen-bond acceptors (Lipinski definition) is 1. The monoisotopic (exact) mass is 173 g/mol. The largest absolute Gasteiger partial charge is 0.352 e. The topological polar surface area (TPSA) is 32.9 Å². The van der Waals surface area contributed by atoms with Crippen molar-refractivity contribution in [3.05, 3.63) is 35.0 Å². The van der Waals surface area contributed by atoms with Crippen LogP contribution in [0.4, 0.5) is 0 Å². The van der Waals surface area contributed by atoms with Gasteiger partial charge in [0.05, 0.1) is 5.69 Å². The van der Waals surface area contributed by atoms with Gasteiger partial charge in [-0.15, -0.1) is 0 Å². The molecule has 1 aromatic heterocycles. The molecule has 0 amide bonds. The number of aromatic amines is 1. The highest BCUT2D eigenvalue weighted by atomic mass is 16.1. The molecular weight excluding hydrogens is 162 g/mol. The van der Waals surface area contributed by atoms with E-state index in [1.165, 1.54) is 11.1 Å². The lowest BCUT2D eigenvalue weighted by atomic mass is 10.1. The van der Waals surface area contributed by atoms with Gasteiger partial charge >= 0.3 is 0 Å². The smallest absolute Gasteiger partial charge is 0.166 e. The standard InChI is InChI=1S/C11H11NO/c1-7-3-4-9-5-10(6-13)12-11(9)8(7)2/h3-6,12H,1-2H3. The van der Waals surface area contributed by atoms with Gasteiger partial charge in [0, 0.05) is 10.9 Å². The third-order valence-corrected chi connectivity index (χ3v) is 2.48. The number of rotatable bonds is 1. The summed E-state index contributed by atoms with van der Waals surface area (Å²) >= 11 is 0. The number of nitrogens with one attached hydrogen (secondary N) is 1. The third-order valence-electron chi connectivity index (χ3n) is 2.48. The molecule has 1 N–H and O–H groups in total. The maximum Gasteiger partial charge on any atom is 0.166 e. The van der Waals surface area contributed by atoms with Crippen LogP contribution in [-0.4, -0.2) is 11.3 Å². The zero-order valence-corrected chi connectivity index (χ0v) is 7.72. The van der Waals surface area contributed by atoms with Gasteiger partial charge in [0.2, 0.25) is 0 Å². The van der Waals surface area contributed by atoms with E-state index in [1.54, 1.807) is 0 Å². The highest BCUT2D eigenvalue weighted by molar-refractivity contribution is 5.90. The second kappa shape index (κ2) is 2.73. The molecule has 2 aromatic rings. The zero-order chi connectivity index (χ0) is 9.42. The number of fused-ring (bicyclic) bond motifs is 1. The van der Waals surface area contributed by atoms with Gasteiger partial charge in [0.15, 0.2) is 6.29 Å². The van der Waals surface area contributed by atoms with Crippen molar-refractivity contribution in [2.45, 2.75) is 13.8 Å². The Kier molecular flexibility index (Phi) is 1.69. The van der Waals surface area contributed by atoms with Gasteiger partial charge in [-0.25, -0.2) is 0 Å². The number of aryl methyl sites for hydroxylation is 2. The lowest BCUT2D eigenvalue weighted by Crippen LogP contribution is -1.82. The summed E-state index contributed by atoms with van der Waals surface area (Å²) in [6.07, 6.45) is 0.842. The van der Waals surface area contributed by atoms with Gasteiger partial charge in [-0.2, -0.15) is 0 Å². The van der Waals surface area contributed by atoms with Gasteiger partial charge in [-0.3, -0.25) is 4.79 Å². The summed E-state index contributed by atoms with van der Waals surface area (Å²) in [7, 11) is 0. The minimum absolute atomic E-state index is 0.642. The molecule has 0 bridgehead atoms. The van der Waals surface area contributed by atoms with Crippen LogP contribution in [-0.2, 0) is 0 Å². The van der Waals surface area contributed by atoms with Gasteiger partial charge < -0.3 is 4.98 Å². The second-order valence-electron chi connectivity index (χ2n) is 3.31. The van der Waals surface area contributed by atoms with Crippen molar-refractivity contribution in [2.24, 2.45) is 0 Å². The lowest BCUT2D eigenvalue weighted by Gasteiger charge is -1.99. The molecule has 0 aliphatic rings. The van der Waals surface area contributed by atoms with Crippen molar-refractivity contribution in [3.8, 4) is 0 Å². The summed E-state index contributed by atoms with van der Waals surface area (Å²) < 4.78 is 0. The maximum absolute atomic E-state index is 10.5. The molecule has 0 saturated heterocycles. The quantitative estimate of drug-likeness (QED) is 0.660. The number of hydrogen-bond donors (Lipinski definition) is 1. The average molecular weight is 173 g/mol. The first kappa shape index (κ1) is 8.05. The first-order valence-electron chi connectivity index (χ1n) is 4.26. The van der Waals surface area contributed by atoms with E-state index in [1.807, 2.05) is 12.1 Å². The van der Waals surface area contributed by atoms with Crippen LogP contribution in [0.3, 0.4) is 0 Å². The highest BCUT2D eigenvalue weighted by Gasteiger charge is 2.03. The number of H-pyrrole nitrogens is 1. The molecule has 0 saturated carbocycles. The summed E-state index contributed by atoms with van der Waals surface area (Å²) in [5.74, 6) is 0. The van der Waals surface area contributed by atoms with Gasteiger partial charge in [-0.1, -0.05) is 12.1 Å². The predicted octanol–water partition coefficient (Wildman–Crippen LogP) is 2.60. The summed E-state index contributed by atoms with van der Waals surface area (Å²) in [5.41, 5.74) is 4.17. The van der Waals surface area contributed by atoms with Crippen LogP contribution in [0.5, 0.6) is 0 Å². The SMILES string of the molecule is Cc1ccc2cc(C=O)[nH]c2c1C. The van der Waals surface area contributed by atoms with Crippen molar-refractivity contribution in [1.82, 2.24) is 4.98 Å². The Morgan fingerprint density at radius 3 is 2.77 bits per heavy atom. The molecule has 0 atom stereocenters. The maximum atomic E-state index is 10.5. The third kappa shape index (κ3) is 1.15. The molecule has 0 spiro atoms. The van der Waals surface area contributed by atoms with E-state index in [4.69, 9.17) is 0 Å². The normalized spacial score (nSPS) is 10.6. The van der Waals surface area contributed by atoms with Crippen LogP contribution in [0, 0.1) is 13.8 Å². The molecule has 13 heavy (non-hydrogen) atoms. The average Bonchev–Trinajstić information content (AvgIpc) is 2.55. The lowest BCUT2D eigenvalue weighted by molar-refractivity contribution is 0.112. The molecule has 0 fully saturated rings. The van der Waals surface area contributed by atoms with Gasteiger partial charge in [0.1, 0.15) is 0 Å². The minimum atomic E-state index is 0.642. The number of carbonyl (C=O) groups excluding carboxylic acids is 1. The van der Waals surface area contributed by atoms with Gasteiger partial charge in [0.25, 0.3) is 0 Å². The Morgan fingerprint density at radius 1 is 1.31 bits per heavy atom. The zero-order valence-electron chi connectivity index (χ0n) is 7.72. The van der Waals surface area contributed by atoms with Crippen molar-refractivity contribution < 1.29 is 4.79 Å². The molecule has 0 aliphatic carbocycles. The first-order chi connectivity index (χ1) is 6.22. The van der Waals surface area contributed by atoms with Crippen LogP contribution in [0.1, 0.15) is 21.6 Å². The molecular formula is C11H11NO. The fourth-order valence-electron chi connectivity index (χ4n) is 1.53. The van der Waals surface area contributed by atoms with Crippen molar-refractivity contribution in [3.63, 3.8) is 0 Å². The summed E-state index contributed by atoms with van der Waals surface area (Å²) in [6.45, 7) is 4.12. The minimum Gasteiger partial charge on any atom is -0.352 e. The van der Waals surface area contributed by atoms with Gasteiger partial charge in [-0.05, 0) is 31.0 Å². The summed E-state index contributed by atoms with van der Waals surface area (Å²) in [5, 5.41) is 1.10. The molecule has 2 rings (SSSR count). The molecule has 2 heteroatoms. The number of carbonyl (C=O) groups is 1. The Hall–Kier alpha value is -1.57. The van der Waals surface area contributed by atoms with Crippen LogP contribution < -0.4 is 0 Å². The Balaban J connectivity index is 2.83. The Labute approximate surface area is 76.6 Å². The van der Waals surface area contributed by atoms with Crippen LogP contribution in [0.2, 0.25) is 0 Å². The first-order valence-corrected chi connectivity index (χ1v) is 4.26. The van der Waals surface area contributed by atoms with E-state index in [0.717, 1.165) is 17.2 Å². The molecule has 66 valence electrons. The van der Waals surface area contributed by atoms with E-state index >= 15 is 0 Å². The number of benzene rings is 1. The van der Waals surface area contributed by atoms with E-state index < -0.39 is 0 Å². The molecule has 0 aliphatic heterocycles. The Bertz CT molecular complexity index is 468. The van der Waals surface area contributed by atoms with Crippen molar-refractivity contribution in [2.75, 3.05) is 0 Å². The molecule has 1 aromatic carbocycles. The number of aldehydes is 1. The predicted molar refractivity (Wildman–Crippen MR) is 53.2 cm³/mol. The fourth-order valence-corrected chi connectivity index (χ4v) is 1.53. The molecule has 2 nitrogen and oxygen atoms in total. The Morgan fingerprint density at radius 2 is 2.08 bits per heavy atom. The summed E-state index contributed by atoms with van der Waals surface area (Å²) in [4.78, 5) is 13.6. The van der Waals surface area contributed by atoms with Crippen molar-refractivity contribution in [1.29, 1.82) is 0 Å². The molecule has 0 radical (unpaired) electrons. The van der Waals surface area contributed by atoms with E-state index in [2.05, 4.69) is 24.9 Å². The second-order valence-corrected chi connectivity index (χ2v) is 3.31. The number of aromatic nitrogens is 1. The fraction of sp³-hybridized carbons (Fsp3) is 0.182. The van der Waals surface area contributed by atoms with Crippen molar-refractivity contribution >= 4 is 17.2 Å². The van der Waals surface area contributed by atoms with Crippen LogP contribution >= 0.6 is 0 Å². The molecule has 0 unspecified atom stereocenters. The van der Waals surface area contributed by atoms with Crippen LogP contribution in [0.25, 0.3) is 10.9 Å². The molecule has 1 heterocycles. The summed E-state index contributed by atoms with van der Waals surface area (Å²) in [6, 6.07) is 5.97. The van der Waals surface area contributed by atoms with Crippen LogP contribution in [0.15, 0.2) is 18.2 Å².